The Morgan fingerprint density at radius 2 is 1.85 bits per heavy atom. The van der Waals surface area contributed by atoms with E-state index < -0.39 is 0 Å². The van der Waals surface area contributed by atoms with Crippen molar-refractivity contribution in [3.05, 3.63) is 68.7 Å². The van der Waals surface area contributed by atoms with Gasteiger partial charge in [-0.05, 0) is 48.2 Å². The zero-order chi connectivity index (χ0) is 14.5. The molecule has 1 nitrogen and oxygen atoms in total. The summed E-state index contributed by atoms with van der Waals surface area (Å²) in [7, 11) is 0. The predicted octanol–water partition coefficient (Wildman–Crippen LogP) is 5.65. The third-order valence-corrected chi connectivity index (χ3v) is 4.41. The first kappa shape index (κ1) is 15.6. The van der Waals surface area contributed by atoms with Crippen molar-refractivity contribution in [2.24, 2.45) is 0 Å². The summed E-state index contributed by atoms with van der Waals surface area (Å²) in [5.41, 5.74) is 3.65. The van der Waals surface area contributed by atoms with Gasteiger partial charge in [0.15, 0.2) is 0 Å². The molecule has 0 aromatic heterocycles. The van der Waals surface area contributed by atoms with E-state index in [1.807, 2.05) is 13.0 Å². The number of rotatable bonds is 5. The van der Waals surface area contributed by atoms with Crippen LogP contribution in [0.2, 0.25) is 5.02 Å². The van der Waals surface area contributed by atoms with E-state index in [0.29, 0.717) is 6.04 Å². The van der Waals surface area contributed by atoms with Gasteiger partial charge in [0, 0.05) is 22.1 Å². The molecule has 0 amide bonds. The van der Waals surface area contributed by atoms with Gasteiger partial charge in [-0.2, -0.15) is 0 Å². The highest BCUT2D eigenvalue weighted by atomic mass is 79.9. The summed E-state index contributed by atoms with van der Waals surface area (Å²) in [6.07, 6.45) is 1.06. The fourth-order valence-corrected chi connectivity index (χ4v) is 2.65. The Bertz CT molecular complexity index is 566. The molecule has 2 aromatic carbocycles. The molecule has 0 fully saturated rings. The highest BCUT2D eigenvalue weighted by Gasteiger charge is 2.08. The van der Waals surface area contributed by atoms with Crippen molar-refractivity contribution in [1.82, 2.24) is 5.32 Å². The second-order valence-electron chi connectivity index (χ2n) is 4.98. The first-order valence-electron chi connectivity index (χ1n) is 6.84. The lowest BCUT2D eigenvalue weighted by Gasteiger charge is -2.18. The predicted molar refractivity (Wildman–Crippen MR) is 90.2 cm³/mol. The summed E-state index contributed by atoms with van der Waals surface area (Å²) in [6.45, 7) is 5.05. The van der Waals surface area contributed by atoms with Crippen LogP contribution < -0.4 is 5.32 Å². The van der Waals surface area contributed by atoms with Crippen molar-refractivity contribution in [3.8, 4) is 0 Å². The van der Waals surface area contributed by atoms with Gasteiger partial charge in [-0.1, -0.05) is 58.7 Å². The van der Waals surface area contributed by atoms with Crippen LogP contribution in [0.5, 0.6) is 0 Å². The molecule has 1 N–H and O–H groups in total. The molecule has 0 saturated heterocycles. The molecule has 2 rings (SSSR count). The molecule has 2 aromatic rings. The Morgan fingerprint density at radius 3 is 2.45 bits per heavy atom. The summed E-state index contributed by atoms with van der Waals surface area (Å²) in [4.78, 5) is 0. The van der Waals surface area contributed by atoms with Crippen molar-refractivity contribution in [2.75, 3.05) is 0 Å². The van der Waals surface area contributed by atoms with E-state index >= 15 is 0 Å². The average molecular weight is 353 g/mol. The van der Waals surface area contributed by atoms with E-state index in [4.69, 9.17) is 11.6 Å². The maximum Gasteiger partial charge on any atom is 0.0438 e. The number of hydrogen-bond acceptors (Lipinski definition) is 1. The number of hydrogen-bond donors (Lipinski definition) is 1. The van der Waals surface area contributed by atoms with E-state index in [-0.39, 0.29) is 0 Å². The van der Waals surface area contributed by atoms with Gasteiger partial charge in [0.05, 0.1) is 0 Å². The van der Waals surface area contributed by atoms with Crippen molar-refractivity contribution in [1.29, 1.82) is 0 Å². The third-order valence-electron chi connectivity index (χ3n) is 3.47. The van der Waals surface area contributed by atoms with Gasteiger partial charge in [-0.3, -0.25) is 0 Å². The molecule has 0 saturated carbocycles. The molecular weight excluding hydrogens is 334 g/mol. The molecule has 20 heavy (non-hydrogen) atoms. The number of benzene rings is 2. The molecule has 0 aliphatic heterocycles. The number of aryl methyl sites for hydroxylation is 1. The van der Waals surface area contributed by atoms with E-state index in [0.717, 1.165) is 28.0 Å². The van der Waals surface area contributed by atoms with E-state index in [2.05, 4.69) is 64.6 Å². The highest BCUT2D eigenvalue weighted by molar-refractivity contribution is 9.10. The lowest BCUT2D eigenvalue weighted by Crippen LogP contribution is -2.20. The van der Waals surface area contributed by atoms with Gasteiger partial charge in [-0.15, -0.1) is 0 Å². The summed E-state index contributed by atoms with van der Waals surface area (Å²) in [5.74, 6) is 0. The minimum absolute atomic E-state index is 0.364. The van der Waals surface area contributed by atoms with Crippen LogP contribution in [0.25, 0.3) is 0 Å². The molecule has 0 aliphatic carbocycles. The molecule has 1 atom stereocenters. The SMILES string of the molecule is CCC(NCc1ccc(C)c(Cl)c1)c1ccc(Br)cc1. The van der Waals surface area contributed by atoms with Gasteiger partial charge >= 0.3 is 0 Å². The summed E-state index contributed by atoms with van der Waals surface area (Å²) >= 11 is 9.64. The average Bonchev–Trinajstić information content (AvgIpc) is 2.45. The van der Waals surface area contributed by atoms with E-state index in [9.17, 15) is 0 Å². The molecule has 0 radical (unpaired) electrons. The van der Waals surface area contributed by atoms with E-state index in [1.54, 1.807) is 0 Å². The van der Waals surface area contributed by atoms with E-state index in [1.165, 1.54) is 11.1 Å². The topological polar surface area (TPSA) is 12.0 Å². The minimum atomic E-state index is 0.364. The fraction of sp³-hybridized carbons (Fsp3) is 0.294. The molecular formula is C17H19BrClN. The maximum atomic E-state index is 6.16. The second kappa shape index (κ2) is 7.26. The highest BCUT2D eigenvalue weighted by Crippen LogP contribution is 2.21. The number of nitrogens with one attached hydrogen (secondary N) is 1. The molecule has 3 heteroatoms. The lowest BCUT2D eigenvalue weighted by molar-refractivity contribution is 0.519. The molecule has 0 aliphatic rings. The first-order chi connectivity index (χ1) is 9.60. The molecule has 106 valence electrons. The normalized spacial score (nSPS) is 12.4. The second-order valence-corrected chi connectivity index (χ2v) is 6.30. The smallest absolute Gasteiger partial charge is 0.0438 e. The summed E-state index contributed by atoms with van der Waals surface area (Å²) in [6, 6.07) is 15.1. The van der Waals surface area contributed by atoms with Crippen LogP contribution >= 0.6 is 27.5 Å². The van der Waals surface area contributed by atoms with Crippen molar-refractivity contribution in [2.45, 2.75) is 32.9 Å². The van der Waals surface area contributed by atoms with Crippen LogP contribution in [0.1, 0.15) is 36.1 Å². The van der Waals surface area contributed by atoms with Crippen molar-refractivity contribution < 1.29 is 0 Å². The largest absolute Gasteiger partial charge is 0.306 e. The Labute approximate surface area is 134 Å². The minimum Gasteiger partial charge on any atom is -0.306 e. The number of halogens is 2. The van der Waals surface area contributed by atoms with Gasteiger partial charge in [-0.25, -0.2) is 0 Å². The molecule has 0 heterocycles. The maximum absolute atomic E-state index is 6.16. The molecule has 1 unspecified atom stereocenters. The van der Waals surface area contributed by atoms with Crippen LogP contribution in [0, 0.1) is 6.92 Å². The quantitative estimate of drug-likeness (QED) is 0.733. The van der Waals surface area contributed by atoms with Gasteiger partial charge in [0.2, 0.25) is 0 Å². The Hall–Kier alpha value is -0.830. The van der Waals surface area contributed by atoms with Crippen molar-refractivity contribution >= 4 is 27.5 Å². The Morgan fingerprint density at radius 1 is 1.15 bits per heavy atom. The first-order valence-corrected chi connectivity index (χ1v) is 8.01. The van der Waals surface area contributed by atoms with Crippen LogP contribution in [0.3, 0.4) is 0 Å². The summed E-state index contributed by atoms with van der Waals surface area (Å²) in [5, 5.41) is 4.43. The van der Waals surface area contributed by atoms with Gasteiger partial charge in [0.25, 0.3) is 0 Å². The zero-order valence-corrected chi connectivity index (χ0v) is 14.1. The van der Waals surface area contributed by atoms with Gasteiger partial charge in [0.1, 0.15) is 0 Å². The van der Waals surface area contributed by atoms with Crippen molar-refractivity contribution in [3.63, 3.8) is 0 Å². The van der Waals surface area contributed by atoms with Crippen LogP contribution in [-0.4, -0.2) is 0 Å². The summed E-state index contributed by atoms with van der Waals surface area (Å²) < 4.78 is 1.11. The lowest BCUT2D eigenvalue weighted by atomic mass is 10.0. The molecule has 0 bridgehead atoms. The fourth-order valence-electron chi connectivity index (χ4n) is 2.18. The van der Waals surface area contributed by atoms with Crippen LogP contribution in [0.4, 0.5) is 0 Å². The Balaban J connectivity index is 2.03. The van der Waals surface area contributed by atoms with Crippen LogP contribution in [0.15, 0.2) is 46.9 Å². The Kier molecular flexibility index (Phi) is 5.64. The van der Waals surface area contributed by atoms with Gasteiger partial charge < -0.3 is 5.32 Å². The standard InChI is InChI=1S/C17H19BrClN/c1-3-17(14-6-8-15(18)9-7-14)20-11-13-5-4-12(2)16(19)10-13/h4-10,17,20H,3,11H2,1-2H3. The molecule has 0 spiro atoms. The monoisotopic (exact) mass is 351 g/mol. The van der Waals surface area contributed by atoms with Crippen LogP contribution in [-0.2, 0) is 6.54 Å². The zero-order valence-electron chi connectivity index (χ0n) is 11.8. The third kappa shape index (κ3) is 4.08.